The molecule has 3 rings (SSSR count). The van der Waals surface area contributed by atoms with Gasteiger partial charge < -0.3 is 15.0 Å². The Kier molecular flexibility index (Phi) is 6.61. The summed E-state index contributed by atoms with van der Waals surface area (Å²) in [5.41, 5.74) is 1.98. The van der Waals surface area contributed by atoms with E-state index in [1.165, 1.54) is 6.08 Å². The maximum absolute atomic E-state index is 12.9. The minimum atomic E-state index is -0.602. The highest BCUT2D eigenvalue weighted by atomic mass is 16.5. The third-order valence-corrected chi connectivity index (χ3v) is 4.70. The lowest BCUT2D eigenvalue weighted by molar-refractivity contribution is -0.147. The van der Waals surface area contributed by atoms with Crippen LogP contribution in [0.5, 0.6) is 0 Å². The normalized spacial score (nSPS) is 20.7. The molecule has 2 aromatic carbocycles. The van der Waals surface area contributed by atoms with E-state index in [0.717, 1.165) is 11.1 Å². The first kappa shape index (κ1) is 19.8. The molecule has 5 nitrogen and oxygen atoms in total. The largest absolute Gasteiger partial charge is 0.367 e. The van der Waals surface area contributed by atoms with Crippen LogP contribution in [0.4, 0.5) is 0 Å². The Hall–Kier alpha value is -2.92. The molecule has 0 spiro atoms. The van der Waals surface area contributed by atoms with E-state index in [-0.39, 0.29) is 24.0 Å². The summed E-state index contributed by atoms with van der Waals surface area (Å²) in [6.45, 7) is 4.67. The Morgan fingerprint density at radius 1 is 1.07 bits per heavy atom. The quantitative estimate of drug-likeness (QED) is 0.813. The number of amides is 2. The van der Waals surface area contributed by atoms with Gasteiger partial charge in [-0.1, -0.05) is 60.7 Å². The summed E-state index contributed by atoms with van der Waals surface area (Å²) in [6.07, 6.45) is 2.96. The van der Waals surface area contributed by atoms with E-state index in [1.54, 1.807) is 17.9 Å². The van der Waals surface area contributed by atoms with Crippen molar-refractivity contribution in [2.24, 2.45) is 0 Å². The Balaban J connectivity index is 1.59. The predicted octanol–water partition coefficient (Wildman–Crippen LogP) is 3.19. The minimum absolute atomic E-state index is 0.0659. The maximum atomic E-state index is 12.9. The van der Waals surface area contributed by atoms with E-state index in [1.807, 2.05) is 67.6 Å². The number of benzene rings is 2. The first-order valence-electron chi connectivity index (χ1n) is 9.55. The van der Waals surface area contributed by atoms with Gasteiger partial charge in [-0.3, -0.25) is 9.59 Å². The number of nitrogens with zero attached hydrogens (tertiary/aromatic N) is 1. The fourth-order valence-electron chi connectivity index (χ4n) is 3.32. The molecule has 1 heterocycles. The van der Waals surface area contributed by atoms with Crippen molar-refractivity contribution in [2.45, 2.75) is 32.1 Å². The van der Waals surface area contributed by atoms with Crippen molar-refractivity contribution < 1.29 is 14.3 Å². The van der Waals surface area contributed by atoms with Crippen molar-refractivity contribution in [2.75, 3.05) is 13.1 Å². The second-order valence-corrected chi connectivity index (χ2v) is 7.06. The highest BCUT2D eigenvalue weighted by molar-refractivity contribution is 5.95. The molecule has 1 aliphatic rings. The lowest BCUT2D eigenvalue weighted by Gasteiger charge is -2.38. The van der Waals surface area contributed by atoms with Crippen LogP contribution in [-0.4, -0.2) is 41.9 Å². The first-order chi connectivity index (χ1) is 13.5. The number of hydrogen-bond acceptors (Lipinski definition) is 3. The molecule has 2 aromatic rings. The second kappa shape index (κ2) is 9.33. The molecule has 0 bridgehead atoms. The fraction of sp³-hybridized carbons (Fsp3) is 0.304. The van der Waals surface area contributed by atoms with Crippen LogP contribution in [0.25, 0.3) is 6.08 Å². The number of rotatable bonds is 5. The van der Waals surface area contributed by atoms with Crippen molar-refractivity contribution in [1.82, 2.24) is 10.2 Å². The molecule has 3 atom stereocenters. The molecule has 28 heavy (non-hydrogen) atoms. The molecular formula is C23H26N2O3. The standard InChI is InChI=1S/C23H26N2O3/c1-17-15-25(16-21(28-17)20-11-7-4-8-12-20)23(27)18(2)24-22(26)14-13-19-9-5-3-6-10-19/h3-14,17-18,21H,15-16H2,1-2H3,(H,24,26)/b14-13+. The van der Waals surface area contributed by atoms with Gasteiger partial charge in [0.25, 0.3) is 0 Å². The number of morpholine rings is 1. The summed E-state index contributed by atoms with van der Waals surface area (Å²) in [6, 6.07) is 18.9. The van der Waals surface area contributed by atoms with Crippen LogP contribution in [0, 0.1) is 0 Å². The Morgan fingerprint density at radius 2 is 1.71 bits per heavy atom. The van der Waals surface area contributed by atoms with E-state index in [9.17, 15) is 9.59 Å². The number of carbonyl (C=O) groups is 2. The third-order valence-electron chi connectivity index (χ3n) is 4.70. The maximum Gasteiger partial charge on any atom is 0.245 e. The lowest BCUT2D eigenvalue weighted by atomic mass is 10.1. The van der Waals surface area contributed by atoms with Gasteiger partial charge in [0.1, 0.15) is 12.1 Å². The molecule has 5 heteroatoms. The SMILES string of the molecule is CC1CN(C(=O)C(C)NC(=O)/C=C/c2ccccc2)CC(c2ccccc2)O1. The van der Waals surface area contributed by atoms with Gasteiger partial charge in [0.2, 0.25) is 11.8 Å². The molecule has 2 amide bonds. The van der Waals surface area contributed by atoms with Crippen LogP contribution in [0.1, 0.15) is 31.1 Å². The van der Waals surface area contributed by atoms with Crippen LogP contribution in [0.2, 0.25) is 0 Å². The molecule has 3 unspecified atom stereocenters. The average molecular weight is 378 g/mol. The molecule has 0 aliphatic carbocycles. The topological polar surface area (TPSA) is 58.6 Å². The Morgan fingerprint density at radius 3 is 2.39 bits per heavy atom. The van der Waals surface area contributed by atoms with Crippen LogP contribution in [0.3, 0.4) is 0 Å². The lowest BCUT2D eigenvalue weighted by Crippen LogP contribution is -2.52. The van der Waals surface area contributed by atoms with Gasteiger partial charge in [0.05, 0.1) is 12.6 Å². The zero-order valence-electron chi connectivity index (χ0n) is 16.2. The van der Waals surface area contributed by atoms with Gasteiger partial charge in [-0.25, -0.2) is 0 Å². The van der Waals surface area contributed by atoms with E-state index in [2.05, 4.69) is 5.32 Å². The monoisotopic (exact) mass is 378 g/mol. The molecule has 0 saturated carbocycles. The number of carbonyl (C=O) groups excluding carboxylic acids is 2. The molecule has 1 aliphatic heterocycles. The van der Waals surface area contributed by atoms with E-state index < -0.39 is 6.04 Å². The van der Waals surface area contributed by atoms with Crippen molar-refractivity contribution >= 4 is 17.9 Å². The molecule has 1 N–H and O–H groups in total. The number of hydrogen-bond donors (Lipinski definition) is 1. The molecular weight excluding hydrogens is 352 g/mol. The van der Waals surface area contributed by atoms with E-state index in [4.69, 9.17) is 4.74 Å². The Bertz CT molecular complexity index is 820. The average Bonchev–Trinajstić information content (AvgIpc) is 2.72. The van der Waals surface area contributed by atoms with Crippen LogP contribution in [-0.2, 0) is 14.3 Å². The van der Waals surface area contributed by atoms with Gasteiger partial charge in [-0.05, 0) is 31.1 Å². The molecule has 0 aromatic heterocycles. The number of nitrogens with one attached hydrogen (secondary N) is 1. The van der Waals surface area contributed by atoms with Gasteiger partial charge >= 0.3 is 0 Å². The summed E-state index contributed by atoms with van der Waals surface area (Å²) in [5.74, 6) is -0.386. The van der Waals surface area contributed by atoms with Crippen LogP contribution < -0.4 is 5.32 Å². The van der Waals surface area contributed by atoms with Crippen molar-refractivity contribution in [1.29, 1.82) is 0 Å². The van der Waals surface area contributed by atoms with E-state index in [0.29, 0.717) is 13.1 Å². The first-order valence-corrected chi connectivity index (χ1v) is 9.55. The Labute approximate surface area is 166 Å². The smallest absolute Gasteiger partial charge is 0.245 e. The van der Waals surface area contributed by atoms with Gasteiger partial charge in [-0.2, -0.15) is 0 Å². The van der Waals surface area contributed by atoms with Gasteiger partial charge in [-0.15, -0.1) is 0 Å². The molecule has 1 saturated heterocycles. The number of ether oxygens (including phenoxy) is 1. The second-order valence-electron chi connectivity index (χ2n) is 7.06. The minimum Gasteiger partial charge on any atom is -0.367 e. The summed E-state index contributed by atoms with van der Waals surface area (Å²) in [5, 5.41) is 2.76. The summed E-state index contributed by atoms with van der Waals surface area (Å²) < 4.78 is 6.01. The molecule has 0 radical (unpaired) electrons. The third kappa shape index (κ3) is 5.30. The van der Waals surface area contributed by atoms with Gasteiger partial charge in [0, 0.05) is 12.6 Å². The molecule has 146 valence electrons. The predicted molar refractivity (Wildman–Crippen MR) is 109 cm³/mol. The zero-order chi connectivity index (χ0) is 19.9. The summed E-state index contributed by atoms with van der Waals surface area (Å²) in [7, 11) is 0. The summed E-state index contributed by atoms with van der Waals surface area (Å²) >= 11 is 0. The van der Waals surface area contributed by atoms with E-state index >= 15 is 0 Å². The van der Waals surface area contributed by atoms with Crippen LogP contribution in [0.15, 0.2) is 66.7 Å². The zero-order valence-corrected chi connectivity index (χ0v) is 16.2. The van der Waals surface area contributed by atoms with Crippen LogP contribution >= 0.6 is 0 Å². The van der Waals surface area contributed by atoms with Gasteiger partial charge in [0.15, 0.2) is 0 Å². The molecule has 1 fully saturated rings. The van der Waals surface area contributed by atoms with Crippen molar-refractivity contribution in [3.05, 3.63) is 77.9 Å². The van der Waals surface area contributed by atoms with Crippen molar-refractivity contribution in [3.8, 4) is 0 Å². The highest BCUT2D eigenvalue weighted by Gasteiger charge is 2.31. The summed E-state index contributed by atoms with van der Waals surface area (Å²) in [4.78, 5) is 26.8. The fourth-order valence-corrected chi connectivity index (χ4v) is 3.32. The van der Waals surface area contributed by atoms with Crippen molar-refractivity contribution in [3.63, 3.8) is 0 Å². The highest BCUT2D eigenvalue weighted by Crippen LogP contribution is 2.25.